The predicted molar refractivity (Wildman–Crippen MR) is 130 cm³/mol. The molecule has 2 aromatic carbocycles. The molecule has 0 bridgehead atoms. The average Bonchev–Trinajstić information content (AvgIpc) is 3.13. The molecular formula is C25H31N3O3S. The number of carbonyl (C=O) groups is 3. The molecule has 3 N–H and O–H groups in total. The van der Waals surface area contributed by atoms with Gasteiger partial charge in [0.2, 0.25) is 5.91 Å². The van der Waals surface area contributed by atoms with E-state index in [1.54, 1.807) is 7.05 Å². The molecule has 0 aliphatic carbocycles. The Morgan fingerprint density at radius 2 is 1.88 bits per heavy atom. The molecule has 1 aliphatic rings. The molecule has 170 valence electrons. The van der Waals surface area contributed by atoms with Crippen LogP contribution in [0.3, 0.4) is 0 Å². The Kier molecular flexibility index (Phi) is 8.73. The number of hydrogen-bond acceptors (Lipinski definition) is 4. The normalized spacial score (nSPS) is 16.5. The summed E-state index contributed by atoms with van der Waals surface area (Å²) in [6, 6.07) is 16.4. The van der Waals surface area contributed by atoms with Gasteiger partial charge in [0.1, 0.15) is 0 Å². The maximum atomic E-state index is 12.3. The zero-order valence-electron chi connectivity index (χ0n) is 18.6. The molecule has 1 aliphatic heterocycles. The highest BCUT2D eigenvalue weighted by Crippen LogP contribution is 2.37. The molecule has 7 heteroatoms. The second kappa shape index (κ2) is 11.7. The molecule has 1 saturated heterocycles. The van der Waals surface area contributed by atoms with Crippen LogP contribution in [-0.4, -0.2) is 36.0 Å². The Morgan fingerprint density at radius 3 is 2.53 bits per heavy atom. The van der Waals surface area contributed by atoms with E-state index in [2.05, 4.69) is 53.2 Å². The molecule has 0 aromatic heterocycles. The van der Waals surface area contributed by atoms with Gasteiger partial charge in [-0.3, -0.25) is 14.9 Å². The first-order valence-electron chi connectivity index (χ1n) is 11.2. The van der Waals surface area contributed by atoms with Gasteiger partial charge in [-0.15, -0.1) is 0 Å². The summed E-state index contributed by atoms with van der Waals surface area (Å²) < 4.78 is 0. The van der Waals surface area contributed by atoms with E-state index >= 15 is 0 Å². The Bertz CT molecular complexity index is 949. The molecule has 2 unspecified atom stereocenters. The van der Waals surface area contributed by atoms with Crippen molar-refractivity contribution in [1.82, 2.24) is 16.0 Å². The van der Waals surface area contributed by atoms with Crippen molar-refractivity contribution in [2.45, 2.75) is 50.2 Å². The van der Waals surface area contributed by atoms with Crippen molar-refractivity contribution >= 4 is 28.9 Å². The number of nitrogens with one attached hydrogen (secondary N) is 3. The second-order valence-corrected chi connectivity index (χ2v) is 9.14. The van der Waals surface area contributed by atoms with Crippen LogP contribution in [0, 0.1) is 0 Å². The number of rotatable bonds is 10. The highest BCUT2D eigenvalue weighted by Gasteiger charge is 2.33. The Hall–Kier alpha value is -2.80. The lowest BCUT2D eigenvalue weighted by atomic mass is 9.82. The standard InChI is InChI=1S/C25H31N3O3S/c1-3-9-17(12-8-15-27-24(30)26-2)19-13-7-14-20(18-10-5-4-6-11-18)21(19)16-22-23(29)28-25(31)32-22/h4-7,10-11,13-14,17,22H,3,8-9,12,15-16H2,1-2H3,(H2,26,27,30)(H,28,29,31). The van der Waals surface area contributed by atoms with Crippen LogP contribution in [0.1, 0.15) is 49.7 Å². The molecule has 0 radical (unpaired) electrons. The van der Waals surface area contributed by atoms with Gasteiger partial charge in [0.25, 0.3) is 5.24 Å². The monoisotopic (exact) mass is 453 g/mol. The van der Waals surface area contributed by atoms with Crippen molar-refractivity contribution in [2.24, 2.45) is 0 Å². The van der Waals surface area contributed by atoms with Crippen LogP contribution in [-0.2, 0) is 11.2 Å². The minimum absolute atomic E-state index is 0.169. The number of amides is 4. The molecule has 32 heavy (non-hydrogen) atoms. The van der Waals surface area contributed by atoms with Gasteiger partial charge in [-0.2, -0.15) is 0 Å². The molecule has 1 fully saturated rings. The molecule has 2 atom stereocenters. The van der Waals surface area contributed by atoms with Crippen LogP contribution in [0.15, 0.2) is 48.5 Å². The molecule has 4 amide bonds. The first-order valence-corrected chi connectivity index (χ1v) is 12.1. The van der Waals surface area contributed by atoms with E-state index in [9.17, 15) is 14.4 Å². The largest absolute Gasteiger partial charge is 0.341 e. The molecule has 3 rings (SSSR count). The lowest BCUT2D eigenvalue weighted by molar-refractivity contribution is -0.118. The van der Waals surface area contributed by atoms with E-state index in [1.807, 2.05) is 18.2 Å². The second-order valence-electron chi connectivity index (χ2n) is 7.96. The average molecular weight is 454 g/mol. The van der Waals surface area contributed by atoms with Gasteiger partial charge in [0.15, 0.2) is 0 Å². The van der Waals surface area contributed by atoms with Crippen molar-refractivity contribution in [1.29, 1.82) is 0 Å². The summed E-state index contributed by atoms with van der Waals surface area (Å²) >= 11 is 1.08. The van der Waals surface area contributed by atoms with Gasteiger partial charge in [-0.1, -0.05) is 73.6 Å². The Morgan fingerprint density at radius 1 is 1.09 bits per heavy atom. The number of carbonyl (C=O) groups excluding carboxylic acids is 3. The quantitative estimate of drug-likeness (QED) is 0.449. The van der Waals surface area contributed by atoms with E-state index in [0.717, 1.165) is 54.1 Å². The van der Waals surface area contributed by atoms with E-state index in [0.29, 0.717) is 18.9 Å². The summed E-state index contributed by atoms with van der Waals surface area (Å²) in [5, 5.41) is 7.16. The van der Waals surface area contributed by atoms with E-state index in [1.165, 1.54) is 5.56 Å². The number of thioether (sulfide) groups is 1. The third-order valence-corrected chi connectivity index (χ3v) is 6.75. The van der Waals surface area contributed by atoms with Crippen LogP contribution in [0.4, 0.5) is 9.59 Å². The molecule has 1 heterocycles. The molecule has 0 saturated carbocycles. The summed E-state index contributed by atoms with van der Waals surface area (Å²) in [6.07, 6.45) is 4.38. The fourth-order valence-electron chi connectivity index (χ4n) is 4.26. The van der Waals surface area contributed by atoms with E-state index < -0.39 is 5.25 Å². The highest BCUT2D eigenvalue weighted by molar-refractivity contribution is 8.15. The van der Waals surface area contributed by atoms with E-state index in [-0.39, 0.29) is 17.2 Å². The number of hydrogen-bond donors (Lipinski definition) is 3. The van der Waals surface area contributed by atoms with Crippen molar-refractivity contribution < 1.29 is 14.4 Å². The van der Waals surface area contributed by atoms with Gasteiger partial charge >= 0.3 is 6.03 Å². The molecular weight excluding hydrogens is 422 g/mol. The van der Waals surface area contributed by atoms with Crippen molar-refractivity contribution in [3.63, 3.8) is 0 Å². The number of benzene rings is 2. The Balaban J connectivity index is 1.92. The lowest BCUT2D eigenvalue weighted by Gasteiger charge is -2.24. The molecule has 2 aromatic rings. The predicted octanol–water partition coefficient (Wildman–Crippen LogP) is 4.84. The molecule has 6 nitrogen and oxygen atoms in total. The van der Waals surface area contributed by atoms with Gasteiger partial charge in [0, 0.05) is 13.6 Å². The van der Waals surface area contributed by atoms with Crippen LogP contribution >= 0.6 is 11.8 Å². The third-order valence-electron chi connectivity index (χ3n) is 5.77. The first kappa shape index (κ1) is 23.9. The van der Waals surface area contributed by atoms with E-state index in [4.69, 9.17) is 0 Å². The summed E-state index contributed by atoms with van der Waals surface area (Å²) in [4.78, 5) is 35.6. The fraction of sp³-hybridized carbons (Fsp3) is 0.400. The fourth-order valence-corrected chi connectivity index (χ4v) is 5.09. The molecule has 0 spiro atoms. The first-order chi connectivity index (χ1) is 15.5. The summed E-state index contributed by atoms with van der Waals surface area (Å²) in [5.41, 5.74) is 4.59. The van der Waals surface area contributed by atoms with Gasteiger partial charge in [-0.05, 0) is 53.9 Å². The van der Waals surface area contributed by atoms with Crippen LogP contribution in [0.25, 0.3) is 11.1 Å². The SMILES string of the molecule is CCCC(CCCNC(=O)NC)c1cccc(-c2ccccc2)c1CC1SC(=O)NC1=O. The topological polar surface area (TPSA) is 87.3 Å². The summed E-state index contributed by atoms with van der Waals surface area (Å²) in [7, 11) is 1.61. The third kappa shape index (κ3) is 6.13. The maximum Gasteiger partial charge on any atom is 0.314 e. The number of imide groups is 1. The Labute approximate surface area is 193 Å². The van der Waals surface area contributed by atoms with Gasteiger partial charge in [0.05, 0.1) is 5.25 Å². The smallest absolute Gasteiger partial charge is 0.314 e. The zero-order chi connectivity index (χ0) is 22.9. The van der Waals surface area contributed by atoms with Crippen molar-refractivity contribution in [3.8, 4) is 11.1 Å². The zero-order valence-corrected chi connectivity index (χ0v) is 19.5. The van der Waals surface area contributed by atoms with Crippen LogP contribution < -0.4 is 16.0 Å². The highest BCUT2D eigenvalue weighted by atomic mass is 32.2. The minimum atomic E-state index is -0.414. The number of urea groups is 1. The minimum Gasteiger partial charge on any atom is -0.341 e. The van der Waals surface area contributed by atoms with Gasteiger partial charge in [-0.25, -0.2) is 4.79 Å². The summed E-state index contributed by atoms with van der Waals surface area (Å²) in [6.45, 7) is 2.79. The van der Waals surface area contributed by atoms with Crippen LogP contribution in [0.5, 0.6) is 0 Å². The lowest BCUT2D eigenvalue weighted by Crippen LogP contribution is -2.33. The maximum absolute atomic E-state index is 12.3. The van der Waals surface area contributed by atoms with Crippen molar-refractivity contribution in [2.75, 3.05) is 13.6 Å². The van der Waals surface area contributed by atoms with Crippen LogP contribution in [0.2, 0.25) is 0 Å². The van der Waals surface area contributed by atoms with Crippen molar-refractivity contribution in [3.05, 3.63) is 59.7 Å². The summed E-state index contributed by atoms with van der Waals surface area (Å²) in [5.74, 6) is 0.103. The van der Waals surface area contributed by atoms with Gasteiger partial charge < -0.3 is 10.6 Å².